The summed E-state index contributed by atoms with van der Waals surface area (Å²) < 4.78 is 56.0. The highest BCUT2D eigenvalue weighted by Gasteiger charge is 2.53. The fourth-order valence-electron chi connectivity index (χ4n) is 4.83. The van der Waals surface area contributed by atoms with Gasteiger partial charge in [-0.25, -0.2) is 13.4 Å². The third kappa shape index (κ3) is 5.99. The van der Waals surface area contributed by atoms with Crippen molar-refractivity contribution >= 4 is 27.6 Å². The van der Waals surface area contributed by atoms with Crippen molar-refractivity contribution in [1.29, 1.82) is 0 Å². The zero-order valence-corrected chi connectivity index (χ0v) is 21.4. The molecule has 1 aromatic carbocycles. The number of rotatable bonds is 10. The molecule has 0 spiro atoms. The van der Waals surface area contributed by atoms with Gasteiger partial charge in [0.05, 0.1) is 12.6 Å². The monoisotopic (exact) mass is 550 g/mol. The molecule has 2 amide bonds. The van der Waals surface area contributed by atoms with E-state index in [1.165, 1.54) is 41.4 Å². The number of ether oxygens (including phenoxy) is 1. The lowest BCUT2D eigenvalue weighted by atomic mass is 10.0. The van der Waals surface area contributed by atoms with E-state index < -0.39 is 28.7 Å². The van der Waals surface area contributed by atoms with Crippen molar-refractivity contribution in [3.63, 3.8) is 0 Å². The Morgan fingerprint density at radius 1 is 1.18 bits per heavy atom. The second-order valence-corrected chi connectivity index (χ2v) is 11.2. The molecule has 1 aromatic heterocycles. The Hall–Kier alpha value is -3.45. The summed E-state index contributed by atoms with van der Waals surface area (Å²) >= 11 is 0. The van der Waals surface area contributed by atoms with Crippen molar-refractivity contribution < 1.29 is 36.3 Å². The Bertz CT molecular complexity index is 1280. The summed E-state index contributed by atoms with van der Waals surface area (Å²) in [6, 6.07) is 8.41. The molecule has 1 N–H and O–H groups in total. The van der Waals surface area contributed by atoms with E-state index >= 15 is 0 Å². The van der Waals surface area contributed by atoms with Crippen molar-refractivity contribution in [2.45, 2.75) is 49.9 Å². The molecule has 2 aromatic rings. The van der Waals surface area contributed by atoms with Crippen LogP contribution >= 0.6 is 0 Å². The maximum Gasteiger partial charge on any atom is 0.387 e. The molecule has 204 valence electrons. The van der Waals surface area contributed by atoms with E-state index in [-0.39, 0.29) is 65.9 Å². The predicted molar refractivity (Wildman–Crippen MR) is 131 cm³/mol. The van der Waals surface area contributed by atoms with Crippen LogP contribution in [0.15, 0.2) is 53.7 Å². The van der Waals surface area contributed by atoms with Crippen LogP contribution in [0.5, 0.6) is 5.75 Å². The number of alkyl halides is 2. The van der Waals surface area contributed by atoms with Crippen molar-refractivity contribution in [2.75, 3.05) is 19.6 Å². The topological polar surface area (TPSA) is 126 Å². The van der Waals surface area contributed by atoms with Gasteiger partial charge >= 0.3 is 6.61 Å². The normalized spacial score (nSPS) is 20.4. The molecular formula is C25H28F2N4O6S. The molecule has 3 heterocycles. The van der Waals surface area contributed by atoms with Crippen molar-refractivity contribution in [3.05, 3.63) is 54.2 Å². The number of fused-ring (bicyclic) bond motifs is 1. The predicted octanol–water partition coefficient (Wildman–Crippen LogP) is 2.07. The van der Waals surface area contributed by atoms with Gasteiger partial charge in [-0.2, -0.15) is 13.1 Å². The van der Waals surface area contributed by atoms with Crippen molar-refractivity contribution in [3.8, 4) is 5.75 Å². The molecule has 13 heteroatoms. The summed E-state index contributed by atoms with van der Waals surface area (Å²) in [4.78, 5) is 43.5. The number of benzene rings is 1. The van der Waals surface area contributed by atoms with Gasteiger partial charge in [0, 0.05) is 31.3 Å². The number of sulfonamides is 1. The van der Waals surface area contributed by atoms with E-state index in [1.807, 2.05) is 6.92 Å². The van der Waals surface area contributed by atoms with Gasteiger partial charge < -0.3 is 15.0 Å². The first kappa shape index (κ1) is 27.6. The number of nitrogens with one attached hydrogen (secondary N) is 1. The molecule has 2 aliphatic heterocycles. The minimum absolute atomic E-state index is 0.0500. The van der Waals surface area contributed by atoms with Gasteiger partial charge in [0.15, 0.2) is 10.8 Å². The maximum absolute atomic E-state index is 13.0. The van der Waals surface area contributed by atoms with E-state index in [1.54, 1.807) is 12.1 Å². The second-order valence-electron chi connectivity index (χ2n) is 9.33. The summed E-state index contributed by atoms with van der Waals surface area (Å²) in [5.41, 5.74) is 0.281. The molecule has 3 atom stereocenters. The molecule has 0 aliphatic carbocycles. The number of hydrogen-bond donors (Lipinski definition) is 1. The molecule has 2 saturated heterocycles. The smallest absolute Gasteiger partial charge is 0.387 e. The zero-order valence-electron chi connectivity index (χ0n) is 20.6. The Morgan fingerprint density at radius 2 is 1.92 bits per heavy atom. The first-order valence-corrected chi connectivity index (χ1v) is 13.6. The lowest BCUT2D eigenvalue weighted by molar-refractivity contribution is -0.137. The van der Waals surface area contributed by atoms with Gasteiger partial charge in [0.1, 0.15) is 11.8 Å². The molecule has 10 nitrogen and oxygen atoms in total. The summed E-state index contributed by atoms with van der Waals surface area (Å²) in [7, 11) is -3.97. The number of pyridine rings is 1. The van der Waals surface area contributed by atoms with Crippen LogP contribution < -0.4 is 10.1 Å². The number of carbonyl (C=O) groups excluding carboxylic acids is 3. The number of Topliss-reactive ketones (excluding diaryl/α,β-unsaturated/α-hetero) is 1. The molecule has 2 aliphatic rings. The molecule has 0 bridgehead atoms. The number of hydrogen-bond acceptors (Lipinski definition) is 7. The van der Waals surface area contributed by atoms with Gasteiger partial charge in [0.25, 0.3) is 15.9 Å². The molecule has 4 rings (SSSR count). The summed E-state index contributed by atoms with van der Waals surface area (Å²) in [6.45, 7) is -0.834. The lowest BCUT2D eigenvalue weighted by Gasteiger charge is -2.25. The molecule has 0 saturated carbocycles. The first-order valence-electron chi connectivity index (χ1n) is 12.2. The summed E-state index contributed by atoms with van der Waals surface area (Å²) in [6.07, 6.45) is 2.36. The first-order chi connectivity index (χ1) is 18.1. The number of likely N-dealkylation sites (tertiary alicyclic amines) is 1. The second kappa shape index (κ2) is 11.5. The maximum atomic E-state index is 13.0. The average Bonchev–Trinajstić information content (AvgIpc) is 3.46. The van der Waals surface area contributed by atoms with Gasteiger partial charge in [-0.3, -0.25) is 14.4 Å². The van der Waals surface area contributed by atoms with Gasteiger partial charge in [0.2, 0.25) is 5.91 Å². The van der Waals surface area contributed by atoms with Gasteiger partial charge in [-0.05, 0) is 55.2 Å². The molecule has 2 fully saturated rings. The third-order valence-corrected chi connectivity index (χ3v) is 8.48. The Balaban J connectivity index is 1.27. The van der Waals surface area contributed by atoms with Crippen LogP contribution in [0, 0.1) is 5.92 Å². The van der Waals surface area contributed by atoms with E-state index in [0.717, 1.165) is 4.31 Å². The van der Waals surface area contributed by atoms with E-state index in [0.29, 0.717) is 12.8 Å². The summed E-state index contributed by atoms with van der Waals surface area (Å²) in [5.74, 6) is -1.11. The fraction of sp³-hybridized carbons (Fsp3) is 0.440. The number of amides is 2. The van der Waals surface area contributed by atoms with Crippen LogP contribution in [0.4, 0.5) is 8.78 Å². The molecular weight excluding hydrogens is 522 g/mol. The number of aromatic nitrogens is 1. The van der Waals surface area contributed by atoms with Crippen LogP contribution in [-0.4, -0.2) is 78.5 Å². The van der Waals surface area contributed by atoms with Crippen LogP contribution in [0.25, 0.3) is 0 Å². The molecule has 38 heavy (non-hydrogen) atoms. The minimum atomic E-state index is -3.97. The van der Waals surface area contributed by atoms with Crippen molar-refractivity contribution in [1.82, 2.24) is 19.5 Å². The zero-order chi connectivity index (χ0) is 27.4. The lowest BCUT2D eigenvalue weighted by Crippen LogP contribution is -2.44. The average molecular weight is 551 g/mol. The molecule has 0 radical (unpaired) electrons. The van der Waals surface area contributed by atoms with E-state index in [2.05, 4.69) is 15.0 Å². The van der Waals surface area contributed by atoms with E-state index in [9.17, 15) is 31.6 Å². The minimum Gasteiger partial charge on any atom is -0.435 e. The van der Waals surface area contributed by atoms with Crippen LogP contribution in [0.3, 0.4) is 0 Å². The highest BCUT2D eigenvalue weighted by Crippen LogP contribution is 2.34. The van der Waals surface area contributed by atoms with E-state index in [4.69, 9.17) is 0 Å². The van der Waals surface area contributed by atoms with Gasteiger partial charge in [-0.15, -0.1) is 0 Å². The fourth-order valence-corrected chi connectivity index (χ4v) is 6.39. The van der Waals surface area contributed by atoms with Crippen molar-refractivity contribution in [2.24, 2.45) is 5.92 Å². The highest BCUT2D eigenvalue weighted by molar-refractivity contribution is 7.89. The van der Waals surface area contributed by atoms with Crippen LogP contribution in [0.1, 0.15) is 36.5 Å². The Kier molecular flexibility index (Phi) is 8.36. The van der Waals surface area contributed by atoms with Crippen LogP contribution in [0.2, 0.25) is 0 Å². The Labute approximate surface area is 219 Å². The number of halogens is 2. The molecule has 3 unspecified atom stereocenters. The largest absolute Gasteiger partial charge is 0.435 e. The number of ketones is 1. The SMILES string of the molecule is CC(CCNC(=O)c1ccc(OC(F)F)cc1)CC(=O)N1CCC2C1C(=O)CN2S(=O)(=O)c1ccccn1. The number of nitrogens with zero attached hydrogens (tertiary/aromatic N) is 3. The number of carbonyl (C=O) groups is 3. The van der Waals surface area contributed by atoms with Gasteiger partial charge in [-0.1, -0.05) is 13.0 Å². The summed E-state index contributed by atoms with van der Waals surface area (Å²) in [5, 5.41) is 2.60. The standard InChI is InChI=1S/C25H28F2N4O6S/c1-16(9-12-29-24(34)17-5-7-18(8-6-17)37-25(26)27)14-22(33)30-13-10-19-23(30)20(32)15-31(19)38(35,36)21-4-2-3-11-28-21/h2-8,11,16,19,23,25H,9-10,12-15H2,1H3,(H,29,34). The Morgan fingerprint density at radius 3 is 2.58 bits per heavy atom. The highest BCUT2D eigenvalue weighted by atomic mass is 32.2. The third-order valence-electron chi connectivity index (χ3n) is 6.70. The quantitative estimate of drug-likeness (QED) is 0.480. The van der Waals surface area contributed by atoms with Crippen LogP contribution in [-0.2, 0) is 19.6 Å².